The first-order valence-corrected chi connectivity index (χ1v) is 6.06. The second-order valence-corrected chi connectivity index (χ2v) is 4.25. The number of anilines is 2. The average Bonchev–Trinajstić information content (AvgIpc) is 2.39. The van der Waals surface area contributed by atoms with Crippen molar-refractivity contribution in [3.8, 4) is 0 Å². The highest BCUT2D eigenvalue weighted by molar-refractivity contribution is 5.96. The maximum Gasteiger partial charge on any atom is 0.241 e. The molecule has 1 atom stereocenters. The Bertz CT molecular complexity index is 494. The molecule has 0 radical (unpaired) electrons. The Balaban J connectivity index is 2.72. The molecule has 7 heteroatoms. The fraction of sp³-hybridized carbons (Fsp3) is 0.385. The number of hydrogen-bond acceptors (Lipinski definition) is 4. The summed E-state index contributed by atoms with van der Waals surface area (Å²) in [6.07, 6.45) is 0.377. The molecule has 6 nitrogen and oxygen atoms in total. The van der Waals surface area contributed by atoms with Crippen LogP contribution in [0.3, 0.4) is 0 Å². The largest absolute Gasteiger partial charge is 0.385 e. The smallest absolute Gasteiger partial charge is 0.241 e. The van der Waals surface area contributed by atoms with E-state index in [4.69, 9.17) is 10.5 Å². The van der Waals surface area contributed by atoms with Crippen molar-refractivity contribution < 1.29 is 18.7 Å². The molecule has 0 aliphatic rings. The van der Waals surface area contributed by atoms with Gasteiger partial charge in [0, 0.05) is 26.3 Å². The molecule has 110 valence electrons. The van der Waals surface area contributed by atoms with Crippen LogP contribution in [-0.2, 0) is 14.3 Å². The fourth-order valence-electron chi connectivity index (χ4n) is 1.50. The summed E-state index contributed by atoms with van der Waals surface area (Å²) in [5.41, 5.74) is 6.02. The molecule has 1 unspecified atom stereocenters. The third-order valence-corrected chi connectivity index (χ3v) is 2.51. The first-order chi connectivity index (χ1) is 9.43. The average molecular weight is 283 g/mol. The van der Waals surface area contributed by atoms with E-state index in [1.165, 1.54) is 26.2 Å². The number of nitrogens with one attached hydrogen (secondary N) is 2. The van der Waals surface area contributed by atoms with Gasteiger partial charge in [-0.25, -0.2) is 4.39 Å². The number of hydrogen-bond donors (Lipinski definition) is 3. The standard InChI is InChI=1S/C13H18FN3O3/c1-8(18)16-12-7-9(3-4-10(12)14)17-13(19)11(15)5-6-20-2/h3-4,7,11H,5-6,15H2,1-2H3,(H,16,18)(H,17,19). The van der Waals surface area contributed by atoms with Crippen molar-refractivity contribution in [1.29, 1.82) is 0 Å². The lowest BCUT2D eigenvalue weighted by Gasteiger charge is -2.13. The Hall–Kier alpha value is -1.99. The summed E-state index contributed by atoms with van der Waals surface area (Å²) in [5.74, 6) is -1.38. The minimum atomic E-state index is -0.718. The minimum absolute atomic E-state index is 0.000706. The first kappa shape index (κ1) is 16.1. The van der Waals surface area contributed by atoms with Crippen LogP contribution in [0.25, 0.3) is 0 Å². The maximum absolute atomic E-state index is 13.4. The van der Waals surface area contributed by atoms with Gasteiger partial charge >= 0.3 is 0 Å². The predicted molar refractivity (Wildman–Crippen MR) is 73.8 cm³/mol. The normalized spacial score (nSPS) is 11.8. The van der Waals surface area contributed by atoms with E-state index < -0.39 is 23.7 Å². The molecule has 0 fully saturated rings. The zero-order valence-electron chi connectivity index (χ0n) is 11.4. The molecular weight excluding hydrogens is 265 g/mol. The molecule has 0 spiro atoms. The maximum atomic E-state index is 13.4. The van der Waals surface area contributed by atoms with Crippen LogP contribution in [0.15, 0.2) is 18.2 Å². The highest BCUT2D eigenvalue weighted by atomic mass is 19.1. The van der Waals surface area contributed by atoms with Gasteiger partial charge in [-0.15, -0.1) is 0 Å². The molecule has 1 rings (SSSR count). The number of ether oxygens (including phenoxy) is 1. The van der Waals surface area contributed by atoms with Crippen LogP contribution in [0.2, 0.25) is 0 Å². The molecule has 0 bridgehead atoms. The lowest BCUT2D eigenvalue weighted by atomic mass is 10.2. The topological polar surface area (TPSA) is 93.4 Å². The molecule has 4 N–H and O–H groups in total. The van der Waals surface area contributed by atoms with Gasteiger partial charge in [0.05, 0.1) is 11.7 Å². The summed E-state index contributed by atoms with van der Waals surface area (Å²) in [5, 5.41) is 4.89. The van der Waals surface area contributed by atoms with E-state index in [9.17, 15) is 14.0 Å². The molecule has 1 aromatic carbocycles. The SMILES string of the molecule is COCCC(N)C(=O)Nc1ccc(F)c(NC(C)=O)c1. The van der Waals surface area contributed by atoms with Gasteiger partial charge in [0.2, 0.25) is 11.8 Å². The number of amides is 2. The Labute approximate surface area is 116 Å². The van der Waals surface area contributed by atoms with Crippen LogP contribution in [0, 0.1) is 5.82 Å². The van der Waals surface area contributed by atoms with Crippen LogP contribution in [-0.4, -0.2) is 31.6 Å². The Morgan fingerprint density at radius 1 is 1.40 bits per heavy atom. The first-order valence-electron chi connectivity index (χ1n) is 6.06. The van der Waals surface area contributed by atoms with E-state index in [1.54, 1.807) is 0 Å². The number of rotatable bonds is 6. The van der Waals surface area contributed by atoms with Gasteiger partial charge < -0.3 is 21.1 Å². The highest BCUT2D eigenvalue weighted by Crippen LogP contribution is 2.19. The molecule has 0 heterocycles. The second kappa shape index (κ2) is 7.56. The molecule has 0 saturated heterocycles. The van der Waals surface area contributed by atoms with Gasteiger partial charge in [-0.05, 0) is 24.6 Å². The van der Waals surface area contributed by atoms with Crippen LogP contribution < -0.4 is 16.4 Å². The van der Waals surface area contributed by atoms with Crippen molar-refractivity contribution in [2.45, 2.75) is 19.4 Å². The number of carbonyl (C=O) groups is 2. The van der Waals surface area contributed by atoms with Crippen LogP contribution in [0.5, 0.6) is 0 Å². The molecule has 2 amide bonds. The lowest BCUT2D eigenvalue weighted by molar-refractivity contribution is -0.117. The summed E-state index contributed by atoms with van der Waals surface area (Å²) >= 11 is 0. The number of benzene rings is 1. The van der Waals surface area contributed by atoms with E-state index in [0.29, 0.717) is 18.7 Å². The monoisotopic (exact) mass is 283 g/mol. The Morgan fingerprint density at radius 2 is 2.10 bits per heavy atom. The molecule has 0 saturated carbocycles. The van der Waals surface area contributed by atoms with Crippen molar-refractivity contribution in [2.75, 3.05) is 24.4 Å². The van der Waals surface area contributed by atoms with E-state index in [0.717, 1.165) is 6.07 Å². The quantitative estimate of drug-likeness (QED) is 0.728. The zero-order valence-corrected chi connectivity index (χ0v) is 11.4. The third kappa shape index (κ3) is 4.94. The van der Waals surface area contributed by atoms with Crippen molar-refractivity contribution in [2.24, 2.45) is 5.73 Å². The summed E-state index contributed by atoms with van der Waals surface area (Å²) in [6, 6.07) is 3.16. The second-order valence-electron chi connectivity index (χ2n) is 4.25. The number of halogens is 1. The Kier molecular flexibility index (Phi) is 6.08. The highest BCUT2D eigenvalue weighted by Gasteiger charge is 2.14. The predicted octanol–water partition coefficient (Wildman–Crippen LogP) is 1.09. The molecule has 0 aliphatic carbocycles. The van der Waals surface area contributed by atoms with Crippen LogP contribution in [0.1, 0.15) is 13.3 Å². The van der Waals surface area contributed by atoms with Crippen molar-refractivity contribution in [3.63, 3.8) is 0 Å². The van der Waals surface area contributed by atoms with Crippen LogP contribution >= 0.6 is 0 Å². The van der Waals surface area contributed by atoms with Gasteiger partial charge in [0.1, 0.15) is 5.82 Å². The van der Waals surface area contributed by atoms with Crippen molar-refractivity contribution >= 4 is 23.2 Å². The van der Waals surface area contributed by atoms with Crippen molar-refractivity contribution in [3.05, 3.63) is 24.0 Å². The fourth-order valence-corrected chi connectivity index (χ4v) is 1.50. The summed E-state index contributed by atoms with van der Waals surface area (Å²) < 4.78 is 18.3. The van der Waals surface area contributed by atoms with Gasteiger partial charge in [0.25, 0.3) is 0 Å². The van der Waals surface area contributed by atoms with Gasteiger partial charge in [-0.2, -0.15) is 0 Å². The van der Waals surface area contributed by atoms with Crippen LogP contribution in [0.4, 0.5) is 15.8 Å². The number of nitrogens with two attached hydrogens (primary N) is 1. The van der Waals surface area contributed by atoms with Crippen molar-refractivity contribution in [1.82, 2.24) is 0 Å². The summed E-state index contributed by atoms with van der Waals surface area (Å²) in [7, 11) is 1.52. The lowest BCUT2D eigenvalue weighted by Crippen LogP contribution is -2.36. The molecule has 20 heavy (non-hydrogen) atoms. The van der Waals surface area contributed by atoms with E-state index in [2.05, 4.69) is 10.6 Å². The van der Waals surface area contributed by atoms with E-state index in [-0.39, 0.29) is 5.69 Å². The number of carbonyl (C=O) groups excluding carboxylic acids is 2. The van der Waals surface area contributed by atoms with E-state index in [1.807, 2.05) is 0 Å². The molecular formula is C13H18FN3O3. The third-order valence-electron chi connectivity index (χ3n) is 2.51. The van der Waals surface area contributed by atoms with Gasteiger partial charge in [-0.3, -0.25) is 9.59 Å². The van der Waals surface area contributed by atoms with E-state index >= 15 is 0 Å². The molecule has 0 aromatic heterocycles. The molecule has 0 aliphatic heterocycles. The van der Waals surface area contributed by atoms with Gasteiger partial charge in [0.15, 0.2) is 0 Å². The summed E-state index contributed by atoms with van der Waals surface area (Å²) in [4.78, 5) is 22.7. The zero-order chi connectivity index (χ0) is 15.1. The van der Waals surface area contributed by atoms with Gasteiger partial charge in [-0.1, -0.05) is 0 Å². The number of methoxy groups -OCH3 is 1. The molecule has 1 aromatic rings. The minimum Gasteiger partial charge on any atom is -0.385 e. The summed E-state index contributed by atoms with van der Waals surface area (Å²) in [6.45, 7) is 1.64. The Morgan fingerprint density at radius 3 is 2.70 bits per heavy atom.